The molecule has 1 aliphatic rings. The molecule has 1 aromatic carbocycles. The highest BCUT2D eigenvalue weighted by atomic mass is 79.9. The summed E-state index contributed by atoms with van der Waals surface area (Å²) in [4.78, 5) is 25.2. The highest BCUT2D eigenvalue weighted by Gasteiger charge is 2.38. The molecule has 0 radical (unpaired) electrons. The van der Waals surface area contributed by atoms with Crippen LogP contribution >= 0.6 is 43.2 Å². The van der Waals surface area contributed by atoms with Crippen LogP contribution in [0.4, 0.5) is 0 Å². The van der Waals surface area contributed by atoms with Gasteiger partial charge in [-0.05, 0) is 45.8 Å². The molecule has 3 rings (SSSR count). The minimum atomic E-state index is -0.342. The molecule has 2 aromatic rings. The minimum Gasteiger partial charge on any atom is -0.296 e. The van der Waals surface area contributed by atoms with Crippen LogP contribution < -0.4 is 5.32 Å². The average molecular weight is 429 g/mol. The quantitative estimate of drug-likeness (QED) is 0.729. The third-order valence-electron chi connectivity index (χ3n) is 3.52. The Morgan fingerprint density at radius 2 is 1.95 bits per heavy atom. The first-order valence-corrected chi connectivity index (χ1v) is 8.79. The zero-order valence-corrected chi connectivity index (χ0v) is 14.8. The zero-order chi connectivity index (χ0) is 15.0. The van der Waals surface area contributed by atoms with E-state index in [-0.39, 0.29) is 23.7 Å². The van der Waals surface area contributed by atoms with E-state index in [0.717, 1.165) is 18.7 Å². The molecule has 108 valence electrons. The summed E-state index contributed by atoms with van der Waals surface area (Å²) in [5.74, 6) is -0.887. The van der Waals surface area contributed by atoms with Crippen molar-refractivity contribution in [2.75, 3.05) is 0 Å². The van der Waals surface area contributed by atoms with Crippen LogP contribution in [0.3, 0.4) is 0 Å². The van der Waals surface area contributed by atoms with Crippen LogP contribution in [0.15, 0.2) is 44.7 Å². The molecule has 1 saturated heterocycles. The number of imide groups is 1. The summed E-state index contributed by atoms with van der Waals surface area (Å²) < 4.78 is 1.93. The Labute approximate surface area is 143 Å². The fourth-order valence-corrected chi connectivity index (χ4v) is 4.62. The predicted molar refractivity (Wildman–Crippen MR) is 89.4 cm³/mol. The molecule has 0 saturated carbocycles. The van der Waals surface area contributed by atoms with Gasteiger partial charge in [-0.15, -0.1) is 11.3 Å². The first kappa shape index (κ1) is 14.9. The summed E-state index contributed by atoms with van der Waals surface area (Å²) in [7, 11) is 0. The van der Waals surface area contributed by atoms with Gasteiger partial charge in [0.05, 0.1) is 9.70 Å². The smallest absolute Gasteiger partial charge is 0.234 e. The summed E-state index contributed by atoms with van der Waals surface area (Å²) in [5.41, 5.74) is 0.920. The van der Waals surface area contributed by atoms with Gasteiger partial charge in [-0.3, -0.25) is 14.9 Å². The van der Waals surface area contributed by atoms with Gasteiger partial charge < -0.3 is 0 Å². The van der Waals surface area contributed by atoms with E-state index in [0.29, 0.717) is 6.42 Å². The molecule has 2 unspecified atom stereocenters. The lowest BCUT2D eigenvalue weighted by molar-refractivity contribution is -0.135. The fraction of sp³-hybridized carbons (Fsp3) is 0.200. The van der Waals surface area contributed by atoms with Gasteiger partial charge in [-0.2, -0.15) is 0 Å². The highest BCUT2D eigenvalue weighted by molar-refractivity contribution is 9.11. The molecule has 3 nitrogen and oxygen atoms in total. The molecule has 1 N–H and O–H groups in total. The summed E-state index contributed by atoms with van der Waals surface area (Å²) in [6, 6.07) is 11.6. The summed E-state index contributed by atoms with van der Waals surface area (Å²) in [6.07, 6.45) is 0.329. The van der Waals surface area contributed by atoms with Crippen LogP contribution in [0.5, 0.6) is 0 Å². The number of nitrogens with one attached hydrogen (secondary N) is 1. The SMILES string of the molecule is O=C1CC(c2ccc(Br)s2)C(c2cccc(Br)c2)C(=O)N1. The molecule has 1 aliphatic heterocycles. The maximum atomic E-state index is 12.4. The number of thiophene rings is 1. The van der Waals surface area contributed by atoms with Gasteiger partial charge in [0.25, 0.3) is 0 Å². The number of halogens is 2. The van der Waals surface area contributed by atoms with Crippen molar-refractivity contribution in [2.24, 2.45) is 0 Å². The zero-order valence-electron chi connectivity index (χ0n) is 10.8. The number of carbonyl (C=O) groups is 2. The molecule has 0 aliphatic carbocycles. The lowest BCUT2D eigenvalue weighted by Gasteiger charge is -2.29. The van der Waals surface area contributed by atoms with Gasteiger partial charge >= 0.3 is 0 Å². The largest absolute Gasteiger partial charge is 0.296 e. The Morgan fingerprint density at radius 3 is 2.62 bits per heavy atom. The van der Waals surface area contributed by atoms with E-state index in [1.54, 1.807) is 11.3 Å². The third kappa shape index (κ3) is 3.12. The van der Waals surface area contributed by atoms with Crippen molar-refractivity contribution in [3.63, 3.8) is 0 Å². The molecule has 6 heteroatoms. The molecular weight excluding hydrogens is 418 g/mol. The van der Waals surface area contributed by atoms with E-state index >= 15 is 0 Å². The Balaban J connectivity index is 2.04. The Kier molecular flexibility index (Phi) is 4.28. The Hall–Kier alpha value is -0.980. The van der Waals surface area contributed by atoms with Crippen molar-refractivity contribution in [3.8, 4) is 0 Å². The monoisotopic (exact) mass is 427 g/mol. The first-order chi connectivity index (χ1) is 10.0. The molecule has 2 amide bonds. The normalized spacial score (nSPS) is 22.2. The van der Waals surface area contributed by atoms with Gasteiger partial charge in [0.15, 0.2) is 0 Å². The number of benzene rings is 1. The van der Waals surface area contributed by atoms with Crippen LogP contribution in [0.1, 0.15) is 28.7 Å². The summed E-state index contributed by atoms with van der Waals surface area (Å²) in [5, 5.41) is 2.45. The second-order valence-electron chi connectivity index (χ2n) is 4.90. The molecule has 1 aromatic heterocycles. The maximum Gasteiger partial charge on any atom is 0.234 e. The highest BCUT2D eigenvalue weighted by Crippen LogP contribution is 2.42. The maximum absolute atomic E-state index is 12.4. The lowest BCUT2D eigenvalue weighted by Crippen LogP contribution is -2.43. The topological polar surface area (TPSA) is 46.2 Å². The van der Waals surface area contributed by atoms with E-state index in [2.05, 4.69) is 37.2 Å². The van der Waals surface area contributed by atoms with Crippen molar-refractivity contribution < 1.29 is 9.59 Å². The Morgan fingerprint density at radius 1 is 1.14 bits per heavy atom. The minimum absolute atomic E-state index is 0.114. The first-order valence-electron chi connectivity index (χ1n) is 6.39. The second-order valence-corrected chi connectivity index (χ2v) is 8.31. The molecule has 2 atom stereocenters. The number of piperidine rings is 1. The van der Waals surface area contributed by atoms with Crippen LogP contribution in [0.25, 0.3) is 0 Å². The van der Waals surface area contributed by atoms with Gasteiger partial charge in [0.1, 0.15) is 0 Å². The van der Waals surface area contributed by atoms with Crippen molar-refractivity contribution in [1.29, 1.82) is 0 Å². The van der Waals surface area contributed by atoms with E-state index in [9.17, 15) is 9.59 Å². The number of hydrogen-bond acceptors (Lipinski definition) is 3. The van der Waals surface area contributed by atoms with E-state index < -0.39 is 0 Å². The molecule has 21 heavy (non-hydrogen) atoms. The second kappa shape index (κ2) is 6.02. The van der Waals surface area contributed by atoms with Gasteiger partial charge in [-0.1, -0.05) is 28.1 Å². The standard InChI is InChI=1S/C15H11Br2NO2S/c16-9-3-1-2-8(6-9)14-10(7-13(19)18-15(14)20)11-4-5-12(17)21-11/h1-6,10,14H,7H2,(H,18,19,20). The number of rotatable bonds is 2. The van der Waals surface area contributed by atoms with E-state index in [1.807, 2.05) is 36.4 Å². The van der Waals surface area contributed by atoms with E-state index in [4.69, 9.17) is 0 Å². The van der Waals surface area contributed by atoms with Crippen molar-refractivity contribution in [3.05, 3.63) is 55.1 Å². The van der Waals surface area contributed by atoms with Crippen LogP contribution in [-0.4, -0.2) is 11.8 Å². The third-order valence-corrected chi connectivity index (χ3v) is 5.77. The number of amides is 2. The average Bonchev–Trinajstić information content (AvgIpc) is 2.84. The number of carbonyl (C=O) groups excluding carboxylic acids is 2. The molecular formula is C15H11Br2NO2S. The van der Waals surface area contributed by atoms with E-state index in [1.165, 1.54) is 0 Å². The summed E-state index contributed by atoms with van der Waals surface area (Å²) >= 11 is 8.45. The summed E-state index contributed by atoms with van der Waals surface area (Å²) in [6.45, 7) is 0. The van der Waals surface area contributed by atoms with Crippen molar-refractivity contribution >= 4 is 55.0 Å². The van der Waals surface area contributed by atoms with Crippen LogP contribution in [-0.2, 0) is 9.59 Å². The van der Waals surface area contributed by atoms with Gasteiger partial charge in [0.2, 0.25) is 11.8 Å². The van der Waals surface area contributed by atoms with Crippen LogP contribution in [0, 0.1) is 0 Å². The fourth-order valence-electron chi connectivity index (χ4n) is 2.64. The lowest BCUT2D eigenvalue weighted by atomic mass is 9.80. The van der Waals surface area contributed by atoms with Crippen LogP contribution in [0.2, 0.25) is 0 Å². The Bertz CT molecular complexity index is 713. The molecule has 0 bridgehead atoms. The van der Waals surface area contributed by atoms with Gasteiger partial charge in [-0.25, -0.2) is 0 Å². The molecule has 0 spiro atoms. The van der Waals surface area contributed by atoms with Gasteiger partial charge in [0, 0.05) is 21.7 Å². The molecule has 1 fully saturated rings. The van der Waals surface area contributed by atoms with Crippen molar-refractivity contribution in [1.82, 2.24) is 5.32 Å². The number of hydrogen-bond donors (Lipinski definition) is 1. The predicted octanol–water partition coefficient (Wildman–Crippen LogP) is 4.19. The molecule has 2 heterocycles. The van der Waals surface area contributed by atoms with Crippen molar-refractivity contribution in [2.45, 2.75) is 18.3 Å².